The van der Waals surface area contributed by atoms with Crippen molar-refractivity contribution in [1.29, 1.82) is 0 Å². The molecule has 0 spiro atoms. The van der Waals surface area contributed by atoms with Crippen molar-refractivity contribution in [3.8, 4) is 5.75 Å². The van der Waals surface area contributed by atoms with Crippen LogP contribution in [0.4, 0.5) is 0 Å². The van der Waals surface area contributed by atoms with Crippen molar-refractivity contribution in [3.63, 3.8) is 0 Å². The Morgan fingerprint density at radius 1 is 1.47 bits per heavy atom. The largest absolute Gasteiger partial charge is 0.495 e. The number of halogens is 1. The van der Waals surface area contributed by atoms with Gasteiger partial charge in [-0.2, -0.15) is 0 Å². The molecule has 0 heterocycles. The first-order valence-electron chi connectivity index (χ1n) is 4.66. The summed E-state index contributed by atoms with van der Waals surface area (Å²) in [5, 5.41) is 0.227. The molecule has 6 nitrogen and oxygen atoms in total. The molecule has 3 N–H and O–H groups in total. The Bertz CT molecular complexity index is 478. The standard InChI is InChI=1S/C9H13ClN2O4S/c1-15-9-3-2-7(6-8(9)10)17(13,14)12-4-5-16-11/h2-3,6,12H,4-5,11H2,1H3. The fraction of sp³-hybridized carbons (Fsp3) is 0.333. The van der Waals surface area contributed by atoms with Crippen LogP contribution in [0.2, 0.25) is 5.02 Å². The zero-order chi connectivity index (χ0) is 12.9. The number of sulfonamides is 1. The molecule has 0 saturated heterocycles. The van der Waals surface area contributed by atoms with E-state index < -0.39 is 10.0 Å². The molecular weight excluding hydrogens is 268 g/mol. The second-order valence-electron chi connectivity index (χ2n) is 3.06. The van der Waals surface area contributed by atoms with E-state index in [1.54, 1.807) is 0 Å². The summed E-state index contributed by atoms with van der Waals surface area (Å²) in [6, 6.07) is 4.19. The van der Waals surface area contributed by atoms with Gasteiger partial charge in [0.2, 0.25) is 10.0 Å². The average molecular weight is 281 g/mol. The number of nitrogens with two attached hydrogens (primary N) is 1. The van der Waals surface area contributed by atoms with Gasteiger partial charge in [-0.3, -0.25) is 0 Å². The molecule has 0 amide bonds. The lowest BCUT2D eigenvalue weighted by molar-refractivity contribution is 0.143. The lowest BCUT2D eigenvalue weighted by atomic mass is 10.3. The molecule has 1 aromatic carbocycles. The van der Waals surface area contributed by atoms with E-state index in [0.717, 1.165) is 0 Å². The fourth-order valence-electron chi connectivity index (χ4n) is 1.13. The molecule has 0 atom stereocenters. The van der Waals surface area contributed by atoms with E-state index in [1.165, 1.54) is 25.3 Å². The Hall–Kier alpha value is -0.860. The van der Waals surface area contributed by atoms with Crippen molar-refractivity contribution in [2.75, 3.05) is 20.3 Å². The molecule has 8 heteroatoms. The Morgan fingerprint density at radius 3 is 2.71 bits per heavy atom. The van der Waals surface area contributed by atoms with E-state index in [9.17, 15) is 8.42 Å². The first kappa shape index (κ1) is 14.2. The number of rotatable bonds is 6. The molecule has 0 fully saturated rings. The minimum absolute atomic E-state index is 0.0559. The predicted molar refractivity (Wildman–Crippen MR) is 63.3 cm³/mol. The van der Waals surface area contributed by atoms with Crippen molar-refractivity contribution >= 4 is 21.6 Å². The summed E-state index contributed by atoms with van der Waals surface area (Å²) in [5.41, 5.74) is 0. The smallest absolute Gasteiger partial charge is 0.240 e. The third kappa shape index (κ3) is 3.83. The first-order valence-corrected chi connectivity index (χ1v) is 6.52. The second-order valence-corrected chi connectivity index (χ2v) is 5.24. The summed E-state index contributed by atoms with van der Waals surface area (Å²) in [6.07, 6.45) is 0. The van der Waals surface area contributed by atoms with E-state index in [2.05, 4.69) is 9.56 Å². The normalized spacial score (nSPS) is 11.5. The van der Waals surface area contributed by atoms with Crippen LogP contribution in [-0.2, 0) is 14.9 Å². The molecule has 1 aromatic rings. The van der Waals surface area contributed by atoms with Gasteiger partial charge in [-0.15, -0.1) is 0 Å². The minimum Gasteiger partial charge on any atom is -0.495 e. The summed E-state index contributed by atoms with van der Waals surface area (Å²) < 4.78 is 30.7. The maximum atomic E-state index is 11.8. The first-order chi connectivity index (χ1) is 8.01. The molecule has 0 unspecified atom stereocenters. The van der Waals surface area contributed by atoms with E-state index in [-0.39, 0.29) is 23.1 Å². The number of benzene rings is 1. The van der Waals surface area contributed by atoms with Gasteiger partial charge < -0.3 is 9.57 Å². The highest BCUT2D eigenvalue weighted by Gasteiger charge is 2.15. The maximum absolute atomic E-state index is 11.8. The molecule has 0 aliphatic rings. The fourth-order valence-corrected chi connectivity index (χ4v) is 2.49. The molecule has 0 bridgehead atoms. The molecule has 96 valence electrons. The second kappa shape index (κ2) is 6.18. The molecule has 0 aliphatic carbocycles. The van der Waals surface area contributed by atoms with Crippen LogP contribution in [0.5, 0.6) is 5.75 Å². The van der Waals surface area contributed by atoms with Gasteiger partial charge in [0, 0.05) is 6.54 Å². The van der Waals surface area contributed by atoms with Gasteiger partial charge in [0.15, 0.2) is 0 Å². The zero-order valence-electron chi connectivity index (χ0n) is 9.14. The summed E-state index contributed by atoms with van der Waals surface area (Å²) in [6.45, 7) is 0.172. The van der Waals surface area contributed by atoms with Crippen LogP contribution >= 0.6 is 11.6 Å². The van der Waals surface area contributed by atoms with E-state index in [1.807, 2.05) is 0 Å². The van der Waals surface area contributed by atoms with Gasteiger partial charge in [0.05, 0.1) is 23.6 Å². The third-order valence-electron chi connectivity index (χ3n) is 1.95. The summed E-state index contributed by atoms with van der Waals surface area (Å²) in [5.74, 6) is 5.20. The number of nitrogens with one attached hydrogen (secondary N) is 1. The van der Waals surface area contributed by atoms with Gasteiger partial charge >= 0.3 is 0 Å². The summed E-state index contributed by atoms with van der Waals surface area (Å²) >= 11 is 5.83. The monoisotopic (exact) mass is 280 g/mol. The van der Waals surface area contributed by atoms with E-state index >= 15 is 0 Å². The van der Waals surface area contributed by atoms with Crippen LogP contribution in [0.25, 0.3) is 0 Å². The minimum atomic E-state index is -3.61. The van der Waals surface area contributed by atoms with Crippen LogP contribution in [0.15, 0.2) is 23.1 Å². The molecule has 0 saturated carbocycles. The van der Waals surface area contributed by atoms with E-state index in [0.29, 0.717) is 5.75 Å². The Morgan fingerprint density at radius 2 is 2.18 bits per heavy atom. The van der Waals surface area contributed by atoms with Gasteiger partial charge in [-0.1, -0.05) is 11.6 Å². The van der Waals surface area contributed by atoms with Gasteiger partial charge in [0.25, 0.3) is 0 Å². The molecule has 0 radical (unpaired) electrons. The van der Waals surface area contributed by atoms with Gasteiger partial charge in [0.1, 0.15) is 5.75 Å². The highest BCUT2D eigenvalue weighted by Crippen LogP contribution is 2.26. The van der Waals surface area contributed by atoms with Crippen LogP contribution < -0.4 is 15.4 Å². The number of hydrogen-bond acceptors (Lipinski definition) is 5. The van der Waals surface area contributed by atoms with Crippen LogP contribution in [-0.4, -0.2) is 28.7 Å². The number of ether oxygens (including phenoxy) is 1. The lowest BCUT2D eigenvalue weighted by Crippen LogP contribution is -2.28. The molecule has 17 heavy (non-hydrogen) atoms. The quantitative estimate of drug-likeness (QED) is 0.585. The average Bonchev–Trinajstić information content (AvgIpc) is 2.29. The van der Waals surface area contributed by atoms with Gasteiger partial charge in [-0.25, -0.2) is 19.0 Å². The Kier molecular flexibility index (Phi) is 5.16. The van der Waals surface area contributed by atoms with Crippen LogP contribution in [0.1, 0.15) is 0 Å². The van der Waals surface area contributed by atoms with E-state index in [4.69, 9.17) is 22.2 Å². The SMILES string of the molecule is COc1ccc(S(=O)(=O)NCCON)cc1Cl. The third-order valence-corrected chi connectivity index (χ3v) is 3.70. The predicted octanol–water partition coefficient (Wildman–Crippen LogP) is 0.517. The van der Waals surface area contributed by atoms with Crippen LogP contribution in [0, 0.1) is 0 Å². The highest BCUT2D eigenvalue weighted by atomic mass is 35.5. The van der Waals surface area contributed by atoms with Crippen LogP contribution in [0.3, 0.4) is 0 Å². The van der Waals surface area contributed by atoms with Crippen molar-refractivity contribution in [1.82, 2.24) is 4.72 Å². The van der Waals surface area contributed by atoms with Crippen molar-refractivity contribution in [3.05, 3.63) is 23.2 Å². The molecule has 0 aliphatic heterocycles. The highest BCUT2D eigenvalue weighted by molar-refractivity contribution is 7.89. The lowest BCUT2D eigenvalue weighted by Gasteiger charge is -2.08. The number of methoxy groups -OCH3 is 1. The molecule has 1 rings (SSSR count). The van der Waals surface area contributed by atoms with Crippen molar-refractivity contribution < 1.29 is 18.0 Å². The topological polar surface area (TPSA) is 90.7 Å². The zero-order valence-corrected chi connectivity index (χ0v) is 10.7. The molecule has 0 aromatic heterocycles. The van der Waals surface area contributed by atoms with Gasteiger partial charge in [-0.05, 0) is 18.2 Å². The Balaban J connectivity index is 2.88. The maximum Gasteiger partial charge on any atom is 0.240 e. The number of hydrogen-bond donors (Lipinski definition) is 2. The summed E-state index contributed by atoms with van der Waals surface area (Å²) in [7, 11) is -2.15. The molecular formula is C9H13ClN2O4S. The Labute approximate surface area is 105 Å². The van der Waals surface area contributed by atoms with Crippen molar-refractivity contribution in [2.45, 2.75) is 4.90 Å². The summed E-state index contributed by atoms with van der Waals surface area (Å²) in [4.78, 5) is 4.32. The van der Waals surface area contributed by atoms with Crippen molar-refractivity contribution in [2.24, 2.45) is 5.90 Å².